The zero-order chi connectivity index (χ0) is 26.0. The summed E-state index contributed by atoms with van der Waals surface area (Å²) in [5.41, 5.74) is 2.50. The predicted molar refractivity (Wildman–Crippen MR) is 141 cm³/mol. The van der Waals surface area contributed by atoms with Crippen LogP contribution in [0.4, 0.5) is 5.69 Å². The van der Waals surface area contributed by atoms with Gasteiger partial charge in [-0.3, -0.25) is 19.5 Å². The number of nitrogens with zero attached hydrogens (tertiary/aromatic N) is 2. The molecule has 2 aromatic carbocycles. The molecular weight excluding hydrogens is 452 g/mol. The molecule has 1 unspecified atom stereocenters. The number of hydrogen-bond donors (Lipinski definition) is 1. The summed E-state index contributed by atoms with van der Waals surface area (Å²) >= 11 is 0. The van der Waals surface area contributed by atoms with Crippen LogP contribution >= 0.6 is 0 Å². The summed E-state index contributed by atoms with van der Waals surface area (Å²) in [5, 5.41) is 11.4. The molecule has 3 aromatic rings. The number of carbonyl (C=O) groups is 2. The van der Waals surface area contributed by atoms with Crippen molar-refractivity contribution in [2.45, 2.75) is 46.1 Å². The first-order chi connectivity index (χ1) is 17.1. The number of carbonyl (C=O) groups excluding carboxylic acids is 2. The highest BCUT2D eigenvalue weighted by Crippen LogP contribution is 2.42. The van der Waals surface area contributed by atoms with Gasteiger partial charge in [-0.25, -0.2) is 0 Å². The van der Waals surface area contributed by atoms with Gasteiger partial charge in [-0.2, -0.15) is 0 Å². The molecule has 1 aliphatic heterocycles. The predicted octanol–water partition coefficient (Wildman–Crippen LogP) is 6.04. The molecule has 1 atom stereocenters. The fourth-order valence-corrected chi connectivity index (χ4v) is 4.19. The first kappa shape index (κ1) is 25.2. The molecule has 0 spiro atoms. The Morgan fingerprint density at radius 2 is 1.75 bits per heavy atom. The summed E-state index contributed by atoms with van der Waals surface area (Å²) in [7, 11) is 0. The lowest BCUT2D eigenvalue weighted by Crippen LogP contribution is -2.30. The number of benzene rings is 2. The van der Waals surface area contributed by atoms with Crippen molar-refractivity contribution >= 4 is 23.1 Å². The number of ketones is 1. The first-order valence-corrected chi connectivity index (χ1v) is 12.1. The number of aliphatic hydroxyl groups is 1. The van der Waals surface area contributed by atoms with Crippen LogP contribution in [0.2, 0.25) is 0 Å². The van der Waals surface area contributed by atoms with Gasteiger partial charge in [0.05, 0.1) is 17.9 Å². The van der Waals surface area contributed by atoms with E-state index in [1.165, 1.54) is 4.90 Å². The van der Waals surface area contributed by atoms with Gasteiger partial charge in [0, 0.05) is 17.4 Å². The van der Waals surface area contributed by atoms with Gasteiger partial charge in [0.2, 0.25) is 0 Å². The van der Waals surface area contributed by atoms with Crippen molar-refractivity contribution in [3.63, 3.8) is 0 Å². The minimum absolute atomic E-state index is 0.000363. The van der Waals surface area contributed by atoms with Crippen molar-refractivity contribution in [3.8, 4) is 5.75 Å². The van der Waals surface area contributed by atoms with E-state index in [0.29, 0.717) is 35.2 Å². The second-order valence-electron chi connectivity index (χ2n) is 10.5. The topological polar surface area (TPSA) is 79.7 Å². The number of Topliss-reactive ketones (excluding diaryl/α,β-unsaturated/α-hetero) is 1. The smallest absolute Gasteiger partial charge is 0.300 e. The maximum atomic E-state index is 13.3. The van der Waals surface area contributed by atoms with Gasteiger partial charge in [-0.1, -0.05) is 65.0 Å². The number of aliphatic hydroxyl groups excluding tert-OH is 1. The molecule has 1 saturated heterocycles. The van der Waals surface area contributed by atoms with Gasteiger partial charge in [-0.05, 0) is 53.3 Å². The Morgan fingerprint density at radius 3 is 2.36 bits per heavy atom. The van der Waals surface area contributed by atoms with Gasteiger partial charge in [0.25, 0.3) is 11.7 Å². The van der Waals surface area contributed by atoms with E-state index in [2.05, 4.69) is 25.8 Å². The molecule has 4 rings (SSSR count). The van der Waals surface area contributed by atoms with E-state index >= 15 is 0 Å². The Bertz CT molecular complexity index is 1290. The van der Waals surface area contributed by atoms with Crippen molar-refractivity contribution in [1.29, 1.82) is 0 Å². The lowest BCUT2D eigenvalue weighted by Gasteiger charge is -2.26. The van der Waals surface area contributed by atoms with Crippen molar-refractivity contribution in [3.05, 3.63) is 95.3 Å². The van der Waals surface area contributed by atoms with Crippen molar-refractivity contribution in [2.75, 3.05) is 11.5 Å². The molecular formula is C30H32N2O4. The molecule has 1 fully saturated rings. The summed E-state index contributed by atoms with van der Waals surface area (Å²) in [4.78, 5) is 32.5. The Kier molecular flexibility index (Phi) is 6.97. The van der Waals surface area contributed by atoms with Gasteiger partial charge in [0.1, 0.15) is 17.6 Å². The second kappa shape index (κ2) is 9.97. The molecule has 1 aromatic heterocycles. The minimum atomic E-state index is -0.869. The van der Waals surface area contributed by atoms with Crippen LogP contribution in [0, 0.1) is 5.92 Å². The van der Waals surface area contributed by atoms with Crippen molar-refractivity contribution in [1.82, 2.24) is 4.98 Å². The van der Waals surface area contributed by atoms with Gasteiger partial charge >= 0.3 is 0 Å². The third-order valence-corrected chi connectivity index (χ3v) is 6.11. The number of ether oxygens (including phenoxy) is 1. The minimum Gasteiger partial charge on any atom is -0.507 e. The molecule has 2 heterocycles. The maximum Gasteiger partial charge on any atom is 0.300 e. The van der Waals surface area contributed by atoms with Crippen LogP contribution in [0.15, 0.2) is 78.5 Å². The van der Waals surface area contributed by atoms with Crippen LogP contribution in [0.3, 0.4) is 0 Å². The molecule has 36 heavy (non-hydrogen) atoms. The molecule has 1 amide bonds. The molecule has 6 heteroatoms. The van der Waals surface area contributed by atoms with E-state index in [1.807, 2.05) is 38.1 Å². The number of aromatic nitrogens is 1. The van der Waals surface area contributed by atoms with Gasteiger partial charge in [-0.15, -0.1) is 0 Å². The highest BCUT2D eigenvalue weighted by Gasteiger charge is 2.47. The van der Waals surface area contributed by atoms with Gasteiger partial charge < -0.3 is 9.84 Å². The fourth-order valence-electron chi connectivity index (χ4n) is 4.19. The average Bonchev–Trinajstić information content (AvgIpc) is 3.13. The van der Waals surface area contributed by atoms with Crippen LogP contribution in [0.25, 0.3) is 5.76 Å². The highest BCUT2D eigenvalue weighted by atomic mass is 16.5. The van der Waals surface area contributed by atoms with Crippen LogP contribution in [-0.4, -0.2) is 28.4 Å². The third-order valence-electron chi connectivity index (χ3n) is 6.11. The number of anilines is 1. The molecule has 0 saturated carbocycles. The van der Waals surface area contributed by atoms with Crippen molar-refractivity contribution < 1.29 is 19.4 Å². The van der Waals surface area contributed by atoms with E-state index in [9.17, 15) is 14.7 Å². The van der Waals surface area contributed by atoms with E-state index in [-0.39, 0.29) is 16.7 Å². The Hall–Kier alpha value is -3.93. The highest BCUT2D eigenvalue weighted by molar-refractivity contribution is 6.51. The van der Waals surface area contributed by atoms with E-state index in [0.717, 1.165) is 5.56 Å². The monoisotopic (exact) mass is 484 g/mol. The van der Waals surface area contributed by atoms with Gasteiger partial charge in [0.15, 0.2) is 0 Å². The average molecular weight is 485 g/mol. The Labute approximate surface area is 212 Å². The Balaban J connectivity index is 1.83. The summed E-state index contributed by atoms with van der Waals surface area (Å²) < 4.78 is 5.80. The molecule has 0 bridgehead atoms. The van der Waals surface area contributed by atoms with E-state index < -0.39 is 17.7 Å². The number of rotatable bonds is 6. The summed E-state index contributed by atoms with van der Waals surface area (Å²) in [6, 6.07) is 19.0. The molecule has 0 aliphatic carbocycles. The summed E-state index contributed by atoms with van der Waals surface area (Å²) in [6.45, 7) is 11.0. The quantitative estimate of drug-likeness (QED) is 0.262. The van der Waals surface area contributed by atoms with E-state index in [1.54, 1.807) is 48.7 Å². The standard InChI is InChI=1S/C30H32N2O4/c1-19(2)18-36-23-10-8-9-20(17-23)27(33)25-26(24-11-6-7-16-31-24)32(29(35)28(25)34)22-14-12-21(13-15-22)30(3,4)5/h6-17,19,26,33H,18H2,1-5H3/b27-25+. The molecule has 1 aliphatic rings. The zero-order valence-corrected chi connectivity index (χ0v) is 21.4. The number of pyridine rings is 1. The largest absolute Gasteiger partial charge is 0.507 e. The normalized spacial score (nSPS) is 17.6. The first-order valence-electron chi connectivity index (χ1n) is 12.1. The lowest BCUT2D eigenvalue weighted by atomic mass is 9.87. The number of amides is 1. The fraction of sp³-hybridized carbons (Fsp3) is 0.300. The molecule has 1 N–H and O–H groups in total. The third kappa shape index (κ3) is 5.03. The van der Waals surface area contributed by atoms with Crippen LogP contribution < -0.4 is 9.64 Å². The summed E-state index contributed by atoms with van der Waals surface area (Å²) in [5.74, 6) is -0.803. The molecule has 0 radical (unpaired) electrons. The zero-order valence-electron chi connectivity index (χ0n) is 21.4. The van der Waals surface area contributed by atoms with Crippen LogP contribution in [0.1, 0.15) is 57.5 Å². The maximum absolute atomic E-state index is 13.3. The van der Waals surface area contributed by atoms with E-state index in [4.69, 9.17) is 4.74 Å². The molecule has 186 valence electrons. The number of hydrogen-bond acceptors (Lipinski definition) is 5. The molecule has 6 nitrogen and oxygen atoms in total. The SMILES string of the molecule is CC(C)COc1cccc(/C(O)=C2\C(=O)C(=O)N(c3ccc(C(C)(C)C)cc3)C2c2ccccn2)c1. The Morgan fingerprint density at radius 1 is 1.03 bits per heavy atom. The van der Waals surface area contributed by atoms with Crippen LogP contribution in [0.5, 0.6) is 5.75 Å². The second-order valence-corrected chi connectivity index (χ2v) is 10.5. The van der Waals surface area contributed by atoms with Crippen LogP contribution in [-0.2, 0) is 15.0 Å². The van der Waals surface area contributed by atoms with Crippen molar-refractivity contribution in [2.24, 2.45) is 5.92 Å². The summed E-state index contributed by atoms with van der Waals surface area (Å²) in [6.07, 6.45) is 1.61. The lowest BCUT2D eigenvalue weighted by molar-refractivity contribution is -0.132.